The van der Waals surface area contributed by atoms with Gasteiger partial charge < -0.3 is 4.57 Å². The van der Waals surface area contributed by atoms with E-state index in [2.05, 4.69) is 196 Å². The Morgan fingerprint density at radius 2 is 1.00 bits per heavy atom. The van der Waals surface area contributed by atoms with Gasteiger partial charge in [-0.15, -0.1) is 0 Å². The van der Waals surface area contributed by atoms with E-state index in [9.17, 15) is 0 Å². The Kier molecular flexibility index (Phi) is 6.48. The van der Waals surface area contributed by atoms with Crippen molar-refractivity contribution in [3.63, 3.8) is 0 Å². The third-order valence-corrected chi connectivity index (χ3v) is 14.6. The van der Waals surface area contributed by atoms with Crippen LogP contribution < -0.4 is 0 Å². The Morgan fingerprint density at radius 3 is 1.81 bits per heavy atom. The van der Waals surface area contributed by atoms with Crippen LogP contribution in [0.1, 0.15) is 67.6 Å². The van der Waals surface area contributed by atoms with Crippen molar-refractivity contribution in [3.8, 4) is 72.4 Å². The number of allylic oxidation sites excluding steroid dienone is 1. The van der Waals surface area contributed by atoms with Gasteiger partial charge in [-0.3, -0.25) is 0 Å². The highest BCUT2D eigenvalue weighted by Crippen LogP contribution is 2.53. The largest absolute Gasteiger partial charge is 0.312 e. The molecule has 0 atom stereocenters. The quantitative estimate of drug-likeness (QED) is 0.169. The molecule has 0 spiro atoms. The fourth-order valence-electron chi connectivity index (χ4n) is 11.7. The van der Waals surface area contributed by atoms with Crippen molar-refractivity contribution in [1.29, 1.82) is 0 Å². The monoisotopic (exact) mass is 753 g/mol. The van der Waals surface area contributed by atoms with E-state index in [1.165, 1.54) is 128 Å². The van der Waals surface area contributed by atoms with Crippen LogP contribution in [-0.4, -0.2) is 4.57 Å². The summed E-state index contributed by atoms with van der Waals surface area (Å²) < 4.78 is 2.58. The van der Waals surface area contributed by atoms with Crippen LogP contribution in [0.15, 0.2) is 158 Å². The van der Waals surface area contributed by atoms with Crippen molar-refractivity contribution in [2.24, 2.45) is 0 Å². The number of hydrogen-bond donors (Lipinski definition) is 0. The average molecular weight is 754 g/mol. The highest BCUT2D eigenvalue weighted by atomic mass is 15.0. The molecule has 0 radical (unpaired) electrons. The topological polar surface area (TPSA) is 4.93 Å². The predicted molar refractivity (Wildman–Crippen MR) is 249 cm³/mol. The molecule has 1 nitrogen and oxygen atoms in total. The number of rotatable bonds is 3. The lowest BCUT2D eigenvalue weighted by atomic mass is 9.81. The average Bonchev–Trinajstić information content (AvgIpc) is 3.93. The fourth-order valence-corrected chi connectivity index (χ4v) is 11.7. The van der Waals surface area contributed by atoms with Crippen molar-refractivity contribution in [2.75, 3.05) is 0 Å². The van der Waals surface area contributed by atoms with Crippen LogP contribution in [0.3, 0.4) is 0 Å². The van der Waals surface area contributed by atoms with Crippen LogP contribution in [0.25, 0.3) is 100 Å². The molecule has 0 fully saturated rings. The van der Waals surface area contributed by atoms with Crippen molar-refractivity contribution < 1.29 is 0 Å². The Morgan fingerprint density at radius 1 is 0.424 bits per heavy atom. The third kappa shape index (κ3) is 4.35. The van der Waals surface area contributed by atoms with Crippen LogP contribution in [0.2, 0.25) is 0 Å². The maximum Gasteiger partial charge on any atom is 0.0538 e. The summed E-state index contributed by atoms with van der Waals surface area (Å²) in [5.74, 6) is 0. The normalized spacial score (nSPS) is 15.5. The summed E-state index contributed by atoms with van der Waals surface area (Å²) in [6.45, 7) is 9.45. The van der Waals surface area contributed by atoms with E-state index in [0.29, 0.717) is 0 Å². The molecule has 4 aliphatic rings. The molecule has 0 saturated carbocycles. The van der Waals surface area contributed by atoms with Crippen LogP contribution in [0, 0.1) is 0 Å². The van der Waals surface area contributed by atoms with Crippen LogP contribution in [0.5, 0.6) is 0 Å². The van der Waals surface area contributed by atoms with Crippen LogP contribution in [0.4, 0.5) is 0 Å². The van der Waals surface area contributed by atoms with Gasteiger partial charge in [-0.05, 0) is 144 Å². The zero-order chi connectivity index (χ0) is 39.4. The standard InChI is InChI=1S/C58H43N/c1-57(2)50-18-9-6-13-40(50)47-31-35(22-27-51(47)57)36-23-28-55-48(32-36)42-14-7-10-19-53(42)59(55)54-29-26-44-38-24-20-34(30-46(38)43-15-11-16-45(54)56(43)44)37-21-25-41-39-12-5-8-17-49(39)58(3,4)52(41)33-37/h5-9,11-18,20-33H,10,19H2,1-4H3. The van der Waals surface area contributed by atoms with E-state index >= 15 is 0 Å². The minimum absolute atomic E-state index is 0.00591. The van der Waals surface area contributed by atoms with Gasteiger partial charge in [-0.25, -0.2) is 0 Å². The SMILES string of the molecule is CC1(C)c2ccccc2-c2cc(-c3ccc4c(c3)c3c(n4-c4ccc5c6c(cccc46)-c4cc(-c6ccc7c(c6)C(C)(C)c6ccccc6-7)ccc4-5)CCC=C3)ccc21. The fraction of sp³-hybridized carbons (Fsp3) is 0.138. The molecular weight excluding hydrogens is 711 g/mol. The molecule has 0 saturated heterocycles. The Hall–Kier alpha value is -6.70. The minimum Gasteiger partial charge on any atom is -0.312 e. The maximum absolute atomic E-state index is 2.58. The van der Waals surface area contributed by atoms with Crippen molar-refractivity contribution in [2.45, 2.75) is 51.4 Å². The first kappa shape index (κ1) is 33.3. The summed E-state index contributed by atoms with van der Waals surface area (Å²) >= 11 is 0. The number of fused-ring (bicyclic) bond motifs is 12. The van der Waals surface area contributed by atoms with Gasteiger partial charge in [0.15, 0.2) is 0 Å². The van der Waals surface area contributed by atoms with Gasteiger partial charge in [0, 0.05) is 32.9 Å². The summed E-state index contributed by atoms with van der Waals surface area (Å²) in [5, 5.41) is 4.00. The number of nitrogens with zero attached hydrogens (tertiary/aromatic N) is 1. The second-order valence-electron chi connectivity index (χ2n) is 18.4. The molecule has 0 N–H and O–H groups in total. The molecule has 8 aromatic carbocycles. The third-order valence-electron chi connectivity index (χ3n) is 14.6. The van der Waals surface area contributed by atoms with Crippen LogP contribution in [-0.2, 0) is 17.3 Å². The summed E-state index contributed by atoms with van der Waals surface area (Å²) in [5.41, 5.74) is 26.8. The Labute approximate surface area is 345 Å². The first-order valence-electron chi connectivity index (χ1n) is 21.3. The maximum atomic E-state index is 2.58. The smallest absolute Gasteiger partial charge is 0.0538 e. The van der Waals surface area contributed by atoms with E-state index in [0.717, 1.165) is 12.8 Å². The van der Waals surface area contributed by atoms with Gasteiger partial charge in [-0.1, -0.05) is 155 Å². The molecule has 0 bridgehead atoms. The first-order chi connectivity index (χ1) is 28.8. The molecule has 13 rings (SSSR count). The molecule has 1 aromatic heterocycles. The Balaban J connectivity index is 0.929. The van der Waals surface area contributed by atoms with E-state index < -0.39 is 0 Å². The zero-order valence-electron chi connectivity index (χ0n) is 33.9. The second-order valence-corrected chi connectivity index (χ2v) is 18.4. The van der Waals surface area contributed by atoms with Gasteiger partial charge in [0.05, 0.1) is 11.2 Å². The molecule has 9 aromatic rings. The highest BCUT2D eigenvalue weighted by molar-refractivity contribution is 6.18. The molecule has 280 valence electrons. The highest BCUT2D eigenvalue weighted by Gasteiger charge is 2.37. The molecule has 1 heteroatoms. The second kappa shape index (κ2) is 11.5. The molecule has 4 aliphatic carbocycles. The van der Waals surface area contributed by atoms with Gasteiger partial charge in [-0.2, -0.15) is 0 Å². The van der Waals surface area contributed by atoms with Gasteiger partial charge in [0.25, 0.3) is 0 Å². The lowest BCUT2D eigenvalue weighted by Gasteiger charge is -2.22. The van der Waals surface area contributed by atoms with E-state index in [-0.39, 0.29) is 10.8 Å². The summed E-state index contributed by atoms with van der Waals surface area (Å²) in [6.07, 6.45) is 6.81. The minimum atomic E-state index is -0.0258. The van der Waals surface area contributed by atoms with Gasteiger partial charge >= 0.3 is 0 Å². The lowest BCUT2D eigenvalue weighted by Crippen LogP contribution is -2.14. The van der Waals surface area contributed by atoms with Crippen molar-refractivity contribution in [3.05, 3.63) is 191 Å². The molecule has 0 unspecified atom stereocenters. The van der Waals surface area contributed by atoms with Crippen molar-refractivity contribution in [1.82, 2.24) is 4.57 Å². The predicted octanol–water partition coefficient (Wildman–Crippen LogP) is 15.3. The summed E-state index contributed by atoms with van der Waals surface area (Å²) in [7, 11) is 0. The van der Waals surface area contributed by atoms with Gasteiger partial charge in [0.1, 0.15) is 0 Å². The number of benzene rings is 8. The molecular formula is C58H43N. The summed E-state index contributed by atoms with van der Waals surface area (Å²) in [6, 6.07) is 58.1. The molecule has 0 aliphatic heterocycles. The number of aromatic nitrogens is 1. The lowest BCUT2D eigenvalue weighted by molar-refractivity contribution is 0.660. The van der Waals surface area contributed by atoms with Gasteiger partial charge in [0.2, 0.25) is 0 Å². The van der Waals surface area contributed by atoms with E-state index in [1.54, 1.807) is 0 Å². The van der Waals surface area contributed by atoms with Crippen molar-refractivity contribution >= 4 is 27.8 Å². The molecule has 1 heterocycles. The molecule has 59 heavy (non-hydrogen) atoms. The Bertz CT molecular complexity index is 3380. The zero-order valence-corrected chi connectivity index (χ0v) is 33.9. The molecule has 0 amide bonds. The van der Waals surface area contributed by atoms with Crippen LogP contribution >= 0.6 is 0 Å². The number of hydrogen-bond acceptors (Lipinski definition) is 0. The van der Waals surface area contributed by atoms with E-state index in [1.807, 2.05) is 0 Å². The first-order valence-corrected chi connectivity index (χ1v) is 21.3. The van der Waals surface area contributed by atoms with E-state index in [4.69, 9.17) is 0 Å². The summed E-state index contributed by atoms with van der Waals surface area (Å²) in [4.78, 5) is 0.